The minimum atomic E-state index is -1.13. The number of aliphatic hydroxyl groups is 2. The molecule has 0 spiro atoms. The number of aromatic nitrogens is 6. The van der Waals surface area contributed by atoms with Crippen molar-refractivity contribution in [1.29, 1.82) is 0 Å². The normalized spacial score (nSPS) is 22.5. The fourth-order valence-electron chi connectivity index (χ4n) is 4.72. The summed E-state index contributed by atoms with van der Waals surface area (Å²) in [5.74, 6) is 1.20. The summed E-state index contributed by atoms with van der Waals surface area (Å²) in [6, 6.07) is 5.89. The second-order valence-electron chi connectivity index (χ2n) is 9.52. The lowest BCUT2D eigenvalue weighted by molar-refractivity contribution is -0.0469. The molecule has 1 aromatic carbocycles. The van der Waals surface area contributed by atoms with E-state index in [1.807, 2.05) is 18.2 Å². The summed E-state index contributed by atoms with van der Waals surface area (Å²) in [6.07, 6.45) is 2.03. The Morgan fingerprint density at radius 1 is 1.19 bits per heavy atom. The Kier molecular flexibility index (Phi) is 7.09. The third kappa shape index (κ3) is 4.89. The quantitative estimate of drug-likeness (QED) is 0.246. The molecule has 0 radical (unpaired) electrons. The van der Waals surface area contributed by atoms with Crippen LogP contribution in [0.15, 0.2) is 30.9 Å². The third-order valence-corrected chi connectivity index (χ3v) is 6.98. The summed E-state index contributed by atoms with van der Waals surface area (Å²) < 4.78 is 7.73. The number of halogens is 1. The van der Waals surface area contributed by atoms with Crippen LogP contribution >= 0.6 is 11.6 Å². The van der Waals surface area contributed by atoms with Crippen LogP contribution in [-0.4, -0.2) is 82.0 Å². The van der Waals surface area contributed by atoms with Gasteiger partial charge in [0.1, 0.15) is 36.0 Å². The van der Waals surface area contributed by atoms with Gasteiger partial charge in [0.15, 0.2) is 17.7 Å². The number of anilines is 1. The van der Waals surface area contributed by atoms with Gasteiger partial charge in [-0.3, -0.25) is 9.47 Å². The molecule has 0 bridgehead atoms. The summed E-state index contributed by atoms with van der Waals surface area (Å²) in [6.45, 7) is 5.54. The molecular weight excluding hydrogens is 484 g/mol. The number of aliphatic hydroxyl groups excluding tert-OH is 2. The average Bonchev–Trinajstić information content (AvgIpc) is 3.53. The van der Waals surface area contributed by atoms with Gasteiger partial charge in [-0.25, -0.2) is 19.9 Å². The van der Waals surface area contributed by atoms with Crippen LogP contribution in [0.4, 0.5) is 5.82 Å². The second-order valence-corrected chi connectivity index (χ2v) is 9.96. The lowest BCUT2D eigenvalue weighted by atomic mass is 10.1. The van der Waals surface area contributed by atoms with Crippen LogP contribution in [0.3, 0.4) is 0 Å². The summed E-state index contributed by atoms with van der Waals surface area (Å²) in [7, 11) is 0. The summed E-state index contributed by atoms with van der Waals surface area (Å²) in [5.41, 5.74) is 8.63. The molecule has 192 valence electrons. The Morgan fingerprint density at radius 3 is 2.83 bits per heavy atom. The van der Waals surface area contributed by atoms with Gasteiger partial charge in [0, 0.05) is 24.0 Å². The van der Waals surface area contributed by atoms with Crippen LogP contribution in [0, 0.1) is 0 Å². The van der Waals surface area contributed by atoms with Crippen molar-refractivity contribution in [1.82, 2.24) is 34.4 Å². The highest BCUT2D eigenvalue weighted by Crippen LogP contribution is 2.32. The summed E-state index contributed by atoms with van der Waals surface area (Å²) >= 11 is 6.07. The van der Waals surface area contributed by atoms with E-state index >= 15 is 0 Å². The molecule has 1 unspecified atom stereocenters. The lowest BCUT2D eigenvalue weighted by Crippen LogP contribution is -2.43. The van der Waals surface area contributed by atoms with Gasteiger partial charge in [-0.05, 0) is 51.4 Å². The van der Waals surface area contributed by atoms with E-state index < -0.39 is 24.5 Å². The first kappa shape index (κ1) is 24.8. The van der Waals surface area contributed by atoms with Gasteiger partial charge in [-0.15, -0.1) is 0 Å². The monoisotopic (exact) mass is 514 g/mol. The number of nitrogens with zero attached hydrogens (tertiary/aromatic N) is 6. The predicted molar refractivity (Wildman–Crippen MR) is 136 cm³/mol. The molecule has 0 amide bonds. The second kappa shape index (κ2) is 10.3. The molecule has 4 atom stereocenters. The molecule has 0 saturated carbocycles. The largest absolute Gasteiger partial charge is 0.387 e. The van der Waals surface area contributed by atoms with Gasteiger partial charge in [0.2, 0.25) is 0 Å². The van der Waals surface area contributed by atoms with E-state index in [9.17, 15) is 10.2 Å². The van der Waals surface area contributed by atoms with Gasteiger partial charge in [-0.2, -0.15) is 0 Å². The van der Waals surface area contributed by atoms with E-state index in [-0.39, 0.29) is 11.9 Å². The van der Waals surface area contributed by atoms with E-state index in [0.29, 0.717) is 22.7 Å². The first-order valence-electron chi connectivity index (χ1n) is 12.1. The van der Waals surface area contributed by atoms with Crippen LogP contribution < -0.4 is 5.73 Å². The highest BCUT2D eigenvalue weighted by atomic mass is 35.5. The van der Waals surface area contributed by atoms with Gasteiger partial charge in [-0.1, -0.05) is 11.6 Å². The van der Waals surface area contributed by atoms with E-state index in [2.05, 4.69) is 43.7 Å². The van der Waals surface area contributed by atoms with Crippen LogP contribution in [0.1, 0.15) is 38.7 Å². The van der Waals surface area contributed by atoms with Crippen molar-refractivity contribution < 1.29 is 14.9 Å². The van der Waals surface area contributed by atoms with Gasteiger partial charge in [0.25, 0.3) is 0 Å². The maximum atomic E-state index is 10.8. The van der Waals surface area contributed by atoms with Crippen LogP contribution in [-0.2, 0) is 11.2 Å². The van der Waals surface area contributed by atoms with Crippen LogP contribution in [0.5, 0.6) is 0 Å². The van der Waals surface area contributed by atoms with Crippen molar-refractivity contribution in [3.63, 3.8) is 0 Å². The molecule has 3 aromatic heterocycles. The van der Waals surface area contributed by atoms with Crippen molar-refractivity contribution in [3.05, 3.63) is 41.7 Å². The number of rotatable bonds is 9. The van der Waals surface area contributed by atoms with Crippen molar-refractivity contribution in [2.24, 2.45) is 0 Å². The Hall–Kier alpha value is -2.83. The molecule has 4 aromatic rings. The minimum Gasteiger partial charge on any atom is -0.387 e. The molecular formula is C24H31ClN8O3. The number of unbranched alkanes of at least 4 members (excludes halogenated alkanes) is 1. The predicted octanol–water partition coefficient (Wildman–Crippen LogP) is 2.29. The van der Waals surface area contributed by atoms with Crippen molar-refractivity contribution in [2.75, 3.05) is 18.8 Å². The Morgan fingerprint density at radius 2 is 2.03 bits per heavy atom. The zero-order chi connectivity index (χ0) is 25.4. The number of H-pyrrole nitrogens is 1. The Bertz CT molecular complexity index is 1340. The van der Waals surface area contributed by atoms with Gasteiger partial charge < -0.3 is 25.7 Å². The van der Waals surface area contributed by atoms with E-state index in [4.69, 9.17) is 22.1 Å². The first-order valence-corrected chi connectivity index (χ1v) is 12.5. The molecule has 5 rings (SSSR count). The topological polar surface area (TPSA) is 151 Å². The Balaban J connectivity index is 1.19. The number of nitrogen functional groups attached to an aromatic ring is 1. The molecule has 1 fully saturated rings. The lowest BCUT2D eigenvalue weighted by Gasteiger charge is -2.30. The molecule has 36 heavy (non-hydrogen) atoms. The number of aryl methyl sites for hydroxylation is 1. The number of imidazole rings is 2. The maximum Gasteiger partial charge on any atom is 0.167 e. The summed E-state index contributed by atoms with van der Waals surface area (Å²) in [5, 5.41) is 22.2. The molecule has 1 aliphatic heterocycles. The van der Waals surface area contributed by atoms with E-state index in [1.54, 1.807) is 4.57 Å². The average molecular weight is 515 g/mol. The molecule has 5 N–H and O–H groups in total. The Labute approximate surface area is 213 Å². The zero-order valence-electron chi connectivity index (χ0n) is 20.3. The first-order chi connectivity index (χ1) is 17.3. The van der Waals surface area contributed by atoms with E-state index in [0.717, 1.165) is 42.7 Å². The number of benzene rings is 1. The molecule has 1 saturated heterocycles. The van der Waals surface area contributed by atoms with Crippen LogP contribution in [0.25, 0.3) is 22.2 Å². The van der Waals surface area contributed by atoms with Gasteiger partial charge in [0.05, 0.1) is 17.4 Å². The van der Waals surface area contributed by atoms with Gasteiger partial charge >= 0.3 is 0 Å². The standard InChI is InChI=1S/C24H31ClN8O3/c1-13(2)32(8-4-3-5-18-30-15-7-6-14(25)9-16(15)31-18)10-17-20(34)21(35)24(36-17)33-12-29-19-22(26)27-11-28-23(19)33/h6-7,9,11-13,17,20-21,24,34-35H,3-5,8,10H2,1-2H3,(H,30,31)(H2,26,27,28)/t17-,20-,21-,24?/m1/s1. The number of ether oxygens (including phenoxy) is 1. The number of hydrogen-bond acceptors (Lipinski definition) is 9. The summed E-state index contributed by atoms with van der Waals surface area (Å²) in [4.78, 5) is 22.6. The SMILES string of the molecule is CC(C)N(CCCCc1nc2ccc(Cl)cc2[nH]1)C[C@H]1OC(n2cnc3c(N)ncnc32)[C@H](O)[C@@H]1O. The number of nitrogens with one attached hydrogen (secondary N) is 1. The third-order valence-electron chi connectivity index (χ3n) is 6.75. The number of fused-ring (bicyclic) bond motifs is 2. The number of aromatic amines is 1. The van der Waals surface area contributed by atoms with E-state index in [1.165, 1.54) is 12.7 Å². The fourth-order valence-corrected chi connectivity index (χ4v) is 4.89. The molecule has 0 aliphatic carbocycles. The zero-order valence-corrected chi connectivity index (χ0v) is 21.0. The maximum absolute atomic E-state index is 10.8. The highest BCUT2D eigenvalue weighted by molar-refractivity contribution is 6.31. The molecule has 4 heterocycles. The molecule has 11 nitrogen and oxygen atoms in total. The van der Waals surface area contributed by atoms with Crippen molar-refractivity contribution >= 4 is 39.6 Å². The van der Waals surface area contributed by atoms with Crippen molar-refractivity contribution in [2.45, 2.75) is 63.7 Å². The van der Waals surface area contributed by atoms with Crippen molar-refractivity contribution in [3.8, 4) is 0 Å². The smallest absolute Gasteiger partial charge is 0.167 e. The van der Waals surface area contributed by atoms with Crippen LogP contribution in [0.2, 0.25) is 5.02 Å². The molecule has 12 heteroatoms. The highest BCUT2D eigenvalue weighted by Gasteiger charge is 2.45. The minimum absolute atomic E-state index is 0.243. The fraction of sp³-hybridized carbons (Fsp3) is 0.500. The molecule has 1 aliphatic rings. The number of hydrogen-bond donors (Lipinski definition) is 4. The number of nitrogens with two attached hydrogens (primary N) is 1.